The van der Waals surface area contributed by atoms with Gasteiger partial charge in [0.2, 0.25) is 5.78 Å². The molecule has 2 atom stereocenters. The molecular weight excluding hydrogens is 272 g/mol. The molecule has 0 aromatic heterocycles. The summed E-state index contributed by atoms with van der Waals surface area (Å²) in [6, 6.07) is 4.93. The molecule has 0 fully saturated rings. The summed E-state index contributed by atoms with van der Waals surface area (Å²) in [6.07, 6.45) is -2.80. The number of carboxylic acids is 2. The van der Waals surface area contributed by atoms with Gasteiger partial charge in [0.15, 0.2) is 6.10 Å². The van der Waals surface area contributed by atoms with Crippen molar-refractivity contribution in [1.82, 2.24) is 0 Å². The second-order valence-corrected chi connectivity index (χ2v) is 3.87. The number of aliphatic hydroxyl groups excluding tert-OH is 1. The van der Waals surface area contributed by atoms with Gasteiger partial charge in [0.05, 0.1) is 7.11 Å². The Hall–Kier alpha value is -2.45. The number of hydrogen-bond donors (Lipinski definition) is 4. The van der Waals surface area contributed by atoms with Crippen molar-refractivity contribution in [2.75, 3.05) is 7.11 Å². The van der Waals surface area contributed by atoms with Gasteiger partial charge in [0.25, 0.3) is 5.60 Å². The maximum Gasteiger partial charge on any atom is 0.347 e. The van der Waals surface area contributed by atoms with Crippen molar-refractivity contribution >= 4 is 17.7 Å². The minimum atomic E-state index is -3.47. The van der Waals surface area contributed by atoms with Gasteiger partial charge in [-0.15, -0.1) is 0 Å². The molecule has 8 heteroatoms. The Kier molecular flexibility index (Phi) is 4.43. The van der Waals surface area contributed by atoms with E-state index in [9.17, 15) is 24.6 Å². The molecule has 0 amide bonds. The Morgan fingerprint density at radius 3 is 2.00 bits per heavy atom. The van der Waals surface area contributed by atoms with Gasteiger partial charge < -0.3 is 25.2 Å². The number of Topliss-reactive ketones (excluding diaryl/α,β-unsaturated/α-hetero) is 1. The molecule has 0 radical (unpaired) electrons. The van der Waals surface area contributed by atoms with Crippen LogP contribution in [-0.4, -0.2) is 57.0 Å². The molecule has 108 valence electrons. The third kappa shape index (κ3) is 2.60. The summed E-state index contributed by atoms with van der Waals surface area (Å²) in [5.41, 5.74) is -3.75. The van der Waals surface area contributed by atoms with Crippen LogP contribution in [0.1, 0.15) is 10.4 Å². The van der Waals surface area contributed by atoms with Crippen molar-refractivity contribution in [1.29, 1.82) is 0 Å². The highest BCUT2D eigenvalue weighted by atomic mass is 16.5. The number of carbonyl (C=O) groups is 3. The average molecular weight is 284 g/mol. The number of hydrogen-bond acceptors (Lipinski definition) is 6. The van der Waals surface area contributed by atoms with Crippen LogP contribution in [0.4, 0.5) is 0 Å². The quantitative estimate of drug-likeness (QED) is 0.390. The van der Waals surface area contributed by atoms with E-state index in [4.69, 9.17) is 14.9 Å². The van der Waals surface area contributed by atoms with E-state index in [2.05, 4.69) is 0 Å². The Balaban J connectivity index is 3.24. The highest BCUT2D eigenvalue weighted by Gasteiger charge is 2.54. The molecule has 8 nitrogen and oxygen atoms in total. The molecule has 0 bridgehead atoms. The largest absolute Gasteiger partial charge is 0.497 e. The standard InChI is InChI=1S/C12H12O8/c1-20-7-4-2-6(3-5-7)8(13)12(19,11(17)18)9(14)10(15)16/h2-5,9,14,19H,1H3,(H,15,16)(H,17,18). The van der Waals surface area contributed by atoms with Gasteiger partial charge in [-0.25, -0.2) is 9.59 Å². The minimum Gasteiger partial charge on any atom is -0.497 e. The highest BCUT2D eigenvalue weighted by Crippen LogP contribution is 2.21. The molecule has 0 saturated heterocycles. The zero-order chi connectivity index (χ0) is 15.5. The third-order valence-electron chi connectivity index (χ3n) is 2.65. The lowest BCUT2D eigenvalue weighted by Gasteiger charge is -2.24. The molecule has 20 heavy (non-hydrogen) atoms. The molecule has 0 saturated carbocycles. The first-order valence-corrected chi connectivity index (χ1v) is 5.30. The summed E-state index contributed by atoms with van der Waals surface area (Å²) >= 11 is 0. The monoisotopic (exact) mass is 284 g/mol. The highest BCUT2D eigenvalue weighted by molar-refractivity contribution is 6.17. The van der Waals surface area contributed by atoms with E-state index < -0.39 is 29.4 Å². The van der Waals surface area contributed by atoms with Crippen LogP contribution in [0.15, 0.2) is 24.3 Å². The maximum atomic E-state index is 12.0. The van der Waals surface area contributed by atoms with Crippen LogP contribution in [0.2, 0.25) is 0 Å². The van der Waals surface area contributed by atoms with Gasteiger partial charge in [0.1, 0.15) is 5.75 Å². The number of ether oxygens (including phenoxy) is 1. The lowest BCUT2D eigenvalue weighted by atomic mass is 9.87. The molecule has 0 aliphatic heterocycles. The van der Waals surface area contributed by atoms with Crippen LogP contribution in [-0.2, 0) is 9.59 Å². The summed E-state index contributed by atoms with van der Waals surface area (Å²) in [4.78, 5) is 33.6. The van der Waals surface area contributed by atoms with Crippen molar-refractivity contribution in [3.63, 3.8) is 0 Å². The number of carboxylic acid groups (broad SMARTS) is 2. The number of aliphatic carboxylic acids is 2. The van der Waals surface area contributed by atoms with E-state index in [1.807, 2.05) is 0 Å². The summed E-state index contributed by atoms with van der Waals surface area (Å²) in [7, 11) is 1.37. The Morgan fingerprint density at radius 1 is 1.15 bits per heavy atom. The molecule has 1 aromatic rings. The first-order valence-electron chi connectivity index (χ1n) is 5.30. The summed E-state index contributed by atoms with van der Waals surface area (Å²) in [6.45, 7) is 0. The molecule has 0 heterocycles. The van der Waals surface area contributed by atoms with E-state index in [1.165, 1.54) is 19.2 Å². The average Bonchev–Trinajstić information content (AvgIpc) is 2.44. The van der Waals surface area contributed by atoms with Crippen molar-refractivity contribution in [2.45, 2.75) is 11.7 Å². The van der Waals surface area contributed by atoms with Crippen molar-refractivity contribution in [3.05, 3.63) is 29.8 Å². The predicted octanol–water partition coefficient (Wildman–Crippen LogP) is -0.861. The van der Waals surface area contributed by atoms with Gasteiger partial charge in [0, 0.05) is 5.56 Å². The van der Waals surface area contributed by atoms with Crippen LogP contribution in [0.5, 0.6) is 5.75 Å². The number of carbonyl (C=O) groups excluding carboxylic acids is 1. The maximum absolute atomic E-state index is 12.0. The van der Waals surface area contributed by atoms with Gasteiger partial charge >= 0.3 is 11.9 Å². The van der Waals surface area contributed by atoms with E-state index in [-0.39, 0.29) is 5.56 Å². The zero-order valence-corrected chi connectivity index (χ0v) is 10.3. The molecule has 1 aromatic carbocycles. The Morgan fingerprint density at radius 2 is 1.65 bits per heavy atom. The van der Waals surface area contributed by atoms with Crippen molar-refractivity contribution in [2.24, 2.45) is 0 Å². The van der Waals surface area contributed by atoms with Crippen molar-refractivity contribution < 1.29 is 39.5 Å². The minimum absolute atomic E-state index is 0.281. The fourth-order valence-electron chi connectivity index (χ4n) is 1.48. The normalized spacial score (nSPS) is 14.9. The predicted molar refractivity (Wildman–Crippen MR) is 63.6 cm³/mol. The van der Waals surface area contributed by atoms with Gasteiger partial charge in [-0.2, -0.15) is 0 Å². The van der Waals surface area contributed by atoms with Gasteiger partial charge in [-0.1, -0.05) is 0 Å². The van der Waals surface area contributed by atoms with Gasteiger partial charge in [-0.05, 0) is 24.3 Å². The van der Waals surface area contributed by atoms with E-state index in [1.54, 1.807) is 0 Å². The number of benzene rings is 1. The summed E-state index contributed by atoms with van der Waals surface area (Å²) in [5.74, 6) is -5.26. The number of ketones is 1. The number of aliphatic hydroxyl groups is 2. The smallest absolute Gasteiger partial charge is 0.347 e. The van der Waals surface area contributed by atoms with E-state index in [0.29, 0.717) is 5.75 Å². The van der Waals surface area contributed by atoms with Crippen LogP contribution in [0.3, 0.4) is 0 Å². The Bertz CT molecular complexity index is 535. The topological polar surface area (TPSA) is 141 Å². The van der Waals surface area contributed by atoms with Crippen LogP contribution in [0.25, 0.3) is 0 Å². The second kappa shape index (κ2) is 5.68. The number of methoxy groups -OCH3 is 1. The van der Waals surface area contributed by atoms with Crippen molar-refractivity contribution in [3.8, 4) is 5.75 Å². The molecule has 2 unspecified atom stereocenters. The fraction of sp³-hybridized carbons (Fsp3) is 0.250. The number of rotatable bonds is 6. The first kappa shape index (κ1) is 15.6. The fourth-order valence-corrected chi connectivity index (χ4v) is 1.48. The third-order valence-corrected chi connectivity index (χ3v) is 2.65. The first-order chi connectivity index (χ1) is 9.25. The van der Waals surface area contributed by atoms with Crippen LogP contribution in [0, 0.1) is 0 Å². The summed E-state index contributed by atoms with van der Waals surface area (Å²) in [5, 5.41) is 36.5. The second-order valence-electron chi connectivity index (χ2n) is 3.87. The Labute approximate surface area is 112 Å². The molecule has 0 spiro atoms. The zero-order valence-electron chi connectivity index (χ0n) is 10.3. The van der Waals surface area contributed by atoms with Crippen LogP contribution >= 0.6 is 0 Å². The lowest BCUT2D eigenvalue weighted by Crippen LogP contribution is -2.58. The SMILES string of the molecule is COc1ccc(C(=O)C(O)(C(=O)O)C(O)C(=O)O)cc1. The van der Waals surface area contributed by atoms with Crippen LogP contribution < -0.4 is 4.74 Å². The summed E-state index contributed by atoms with van der Waals surface area (Å²) < 4.78 is 4.83. The van der Waals surface area contributed by atoms with E-state index in [0.717, 1.165) is 12.1 Å². The molecule has 4 N–H and O–H groups in total. The van der Waals surface area contributed by atoms with Gasteiger partial charge in [-0.3, -0.25) is 4.79 Å². The molecule has 0 aliphatic rings. The van der Waals surface area contributed by atoms with E-state index >= 15 is 0 Å². The molecule has 1 rings (SSSR count). The molecule has 0 aliphatic carbocycles. The molecular formula is C12H12O8. The lowest BCUT2D eigenvalue weighted by molar-refractivity contribution is -0.175.